The lowest BCUT2D eigenvalue weighted by Gasteiger charge is -2.02. The van der Waals surface area contributed by atoms with Crippen LogP contribution in [0.2, 0.25) is 0 Å². The minimum atomic E-state index is 1.05. The van der Waals surface area contributed by atoms with E-state index in [2.05, 4.69) is 33.3 Å². The average molecular weight is 286 g/mol. The lowest BCUT2D eigenvalue weighted by molar-refractivity contribution is 0.969. The molecule has 4 rings (SSSR count). The fourth-order valence-corrected chi connectivity index (χ4v) is 2.48. The zero-order valence-corrected chi connectivity index (χ0v) is 11.8. The van der Waals surface area contributed by atoms with Crippen LogP contribution in [0.15, 0.2) is 67.3 Å². The third-order valence-corrected chi connectivity index (χ3v) is 3.63. The summed E-state index contributed by atoms with van der Waals surface area (Å²) < 4.78 is 1.89. The molecule has 0 aliphatic heterocycles. The number of hydrogen-bond acceptors (Lipinski definition) is 2. The summed E-state index contributed by atoms with van der Waals surface area (Å²) in [7, 11) is 0. The van der Waals surface area contributed by atoms with E-state index in [1.165, 1.54) is 0 Å². The summed E-state index contributed by atoms with van der Waals surface area (Å²) in [5, 5.41) is 5.55. The first kappa shape index (κ1) is 12.6. The van der Waals surface area contributed by atoms with Crippen molar-refractivity contribution in [2.45, 2.75) is 0 Å². The molecule has 1 N–H and O–H groups in total. The Morgan fingerprint density at radius 1 is 1.00 bits per heavy atom. The number of H-pyrrole nitrogens is 1. The van der Waals surface area contributed by atoms with Gasteiger partial charge in [-0.25, -0.2) is 4.68 Å². The fourth-order valence-electron chi connectivity index (χ4n) is 2.48. The molecule has 0 aliphatic rings. The molecule has 0 amide bonds. The van der Waals surface area contributed by atoms with E-state index in [-0.39, 0.29) is 0 Å². The molecule has 0 fully saturated rings. The van der Waals surface area contributed by atoms with Crippen LogP contribution in [0.1, 0.15) is 5.69 Å². The van der Waals surface area contributed by atoms with Crippen molar-refractivity contribution in [2.24, 2.45) is 0 Å². The normalized spacial score (nSPS) is 11.5. The summed E-state index contributed by atoms with van der Waals surface area (Å²) in [6, 6.07) is 14.4. The molecule has 0 radical (unpaired) electrons. The third-order valence-electron chi connectivity index (χ3n) is 3.63. The molecule has 0 atom stereocenters. The Hall–Kier alpha value is -3.14. The molecule has 4 aromatic rings. The maximum absolute atomic E-state index is 4.43. The van der Waals surface area contributed by atoms with Crippen LogP contribution in [0.4, 0.5) is 0 Å². The van der Waals surface area contributed by atoms with E-state index < -0.39 is 0 Å². The average Bonchev–Trinajstić information content (AvgIpc) is 3.23. The number of rotatable bonds is 3. The third kappa shape index (κ3) is 2.31. The maximum Gasteiger partial charge on any atom is 0.0740 e. The molecule has 0 unspecified atom stereocenters. The monoisotopic (exact) mass is 286 g/mol. The zero-order valence-electron chi connectivity index (χ0n) is 11.8. The number of benzene rings is 1. The van der Waals surface area contributed by atoms with Crippen molar-refractivity contribution in [1.82, 2.24) is 19.7 Å². The molecule has 0 saturated carbocycles. The predicted molar refractivity (Wildman–Crippen MR) is 89.0 cm³/mol. The van der Waals surface area contributed by atoms with Gasteiger partial charge in [0.15, 0.2) is 0 Å². The van der Waals surface area contributed by atoms with Gasteiger partial charge in [-0.15, -0.1) is 0 Å². The first-order chi connectivity index (χ1) is 10.9. The SMILES string of the molecule is C(=Cn1ncc2ccc(-c3ccncc3)cc21)c1ccc[nH]1. The second-order valence-corrected chi connectivity index (χ2v) is 5.04. The van der Waals surface area contributed by atoms with Crippen molar-refractivity contribution < 1.29 is 0 Å². The molecule has 0 aliphatic carbocycles. The molecule has 22 heavy (non-hydrogen) atoms. The Bertz CT molecular complexity index is 918. The summed E-state index contributed by atoms with van der Waals surface area (Å²) in [6.07, 6.45) is 11.4. The Labute approximate surface area is 127 Å². The molecule has 0 spiro atoms. The molecular weight excluding hydrogens is 272 g/mol. The van der Waals surface area contributed by atoms with Gasteiger partial charge < -0.3 is 4.98 Å². The van der Waals surface area contributed by atoms with E-state index in [0.717, 1.165) is 27.7 Å². The molecule has 4 nitrogen and oxygen atoms in total. The van der Waals surface area contributed by atoms with Gasteiger partial charge in [-0.3, -0.25) is 4.98 Å². The highest BCUT2D eigenvalue weighted by molar-refractivity contribution is 5.86. The van der Waals surface area contributed by atoms with E-state index in [1.54, 1.807) is 0 Å². The second-order valence-electron chi connectivity index (χ2n) is 5.04. The van der Waals surface area contributed by atoms with E-state index in [0.29, 0.717) is 0 Å². The van der Waals surface area contributed by atoms with Gasteiger partial charge in [-0.2, -0.15) is 5.10 Å². The molecule has 1 aromatic carbocycles. The van der Waals surface area contributed by atoms with Crippen LogP contribution in [-0.2, 0) is 0 Å². The van der Waals surface area contributed by atoms with Crippen molar-refractivity contribution in [3.8, 4) is 11.1 Å². The highest BCUT2D eigenvalue weighted by Gasteiger charge is 2.03. The van der Waals surface area contributed by atoms with Crippen molar-refractivity contribution in [3.05, 3.63) is 72.9 Å². The standard InChI is InChI=1S/C18H14N4/c1-2-17(20-8-1)7-11-22-18-12-15(3-4-16(18)13-21-22)14-5-9-19-10-6-14/h1-13,20H. The van der Waals surface area contributed by atoms with Crippen LogP contribution in [0.3, 0.4) is 0 Å². The van der Waals surface area contributed by atoms with Gasteiger partial charge in [0.2, 0.25) is 0 Å². The van der Waals surface area contributed by atoms with Gasteiger partial charge in [0, 0.05) is 35.9 Å². The van der Waals surface area contributed by atoms with Gasteiger partial charge in [0.05, 0.1) is 11.7 Å². The lowest BCUT2D eigenvalue weighted by Crippen LogP contribution is -1.88. The van der Waals surface area contributed by atoms with Crippen LogP contribution in [0.25, 0.3) is 34.3 Å². The van der Waals surface area contributed by atoms with Crippen LogP contribution < -0.4 is 0 Å². The first-order valence-electron chi connectivity index (χ1n) is 7.09. The zero-order chi connectivity index (χ0) is 14.8. The number of aromatic amines is 1. The predicted octanol–water partition coefficient (Wildman–Crippen LogP) is 4.05. The second kappa shape index (κ2) is 5.33. The van der Waals surface area contributed by atoms with Crippen molar-refractivity contribution in [1.29, 1.82) is 0 Å². The van der Waals surface area contributed by atoms with E-state index in [9.17, 15) is 0 Å². The summed E-state index contributed by atoms with van der Waals surface area (Å²) in [5.74, 6) is 0. The smallest absolute Gasteiger partial charge is 0.0740 e. The number of nitrogens with zero attached hydrogens (tertiary/aromatic N) is 3. The molecular formula is C18H14N4. The minimum Gasteiger partial charge on any atom is -0.362 e. The van der Waals surface area contributed by atoms with Gasteiger partial charge in [0.1, 0.15) is 0 Å². The highest BCUT2D eigenvalue weighted by atomic mass is 15.3. The Balaban J connectivity index is 1.77. The maximum atomic E-state index is 4.43. The largest absolute Gasteiger partial charge is 0.362 e. The Morgan fingerprint density at radius 2 is 1.91 bits per heavy atom. The van der Waals surface area contributed by atoms with Crippen LogP contribution in [-0.4, -0.2) is 19.7 Å². The summed E-state index contributed by atoms with van der Waals surface area (Å²) in [6.45, 7) is 0. The Kier molecular flexibility index (Phi) is 3.05. The van der Waals surface area contributed by atoms with Gasteiger partial charge in [-0.05, 0) is 47.5 Å². The van der Waals surface area contributed by atoms with E-state index in [4.69, 9.17) is 0 Å². The van der Waals surface area contributed by atoms with Gasteiger partial charge in [-0.1, -0.05) is 12.1 Å². The summed E-state index contributed by atoms with van der Waals surface area (Å²) >= 11 is 0. The van der Waals surface area contributed by atoms with Crippen LogP contribution >= 0.6 is 0 Å². The molecule has 0 saturated heterocycles. The van der Waals surface area contributed by atoms with Crippen LogP contribution in [0, 0.1) is 0 Å². The summed E-state index contributed by atoms with van der Waals surface area (Å²) in [5.41, 5.74) is 4.44. The number of hydrogen-bond donors (Lipinski definition) is 1. The van der Waals surface area contributed by atoms with Crippen LogP contribution in [0.5, 0.6) is 0 Å². The topological polar surface area (TPSA) is 46.5 Å². The van der Waals surface area contributed by atoms with E-state index >= 15 is 0 Å². The van der Waals surface area contributed by atoms with Crippen molar-refractivity contribution in [2.75, 3.05) is 0 Å². The van der Waals surface area contributed by atoms with E-state index in [1.807, 2.05) is 66.0 Å². The fraction of sp³-hybridized carbons (Fsp3) is 0. The number of nitrogens with one attached hydrogen (secondary N) is 1. The van der Waals surface area contributed by atoms with Crippen molar-refractivity contribution in [3.63, 3.8) is 0 Å². The first-order valence-corrected chi connectivity index (χ1v) is 7.09. The molecule has 3 aromatic heterocycles. The van der Waals surface area contributed by atoms with Crippen molar-refractivity contribution >= 4 is 23.2 Å². The number of aromatic nitrogens is 4. The summed E-state index contributed by atoms with van der Waals surface area (Å²) in [4.78, 5) is 7.22. The highest BCUT2D eigenvalue weighted by Crippen LogP contribution is 2.24. The quantitative estimate of drug-likeness (QED) is 0.617. The molecule has 4 heteroatoms. The Morgan fingerprint density at radius 3 is 2.73 bits per heavy atom. The van der Waals surface area contributed by atoms with Gasteiger partial charge >= 0.3 is 0 Å². The lowest BCUT2D eigenvalue weighted by atomic mass is 10.1. The number of pyridine rings is 1. The minimum absolute atomic E-state index is 1.05. The molecule has 106 valence electrons. The molecule has 3 heterocycles. The molecule has 0 bridgehead atoms. The number of fused-ring (bicyclic) bond motifs is 1. The van der Waals surface area contributed by atoms with Gasteiger partial charge in [0.25, 0.3) is 0 Å².